The van der Waals surface area contributed by atoms with Crippen LogP contribution in [-0.2, 0) is 6.61 Å². The van der Waals surface area contributed by atoms with E-state index in [1.807, 2.05) is 66.7 Å². The first kappa shape index (κ1) is 14.2. The summed E-state index contributed by atoms with van der Waals surface area (Å²) in [6, 6.07) is 20.9. The maximum absolute atomic E-state index is 5.84. The monoisotopic (exact) mass is 318 g/mol. The average molecular weight is 318 g/mol. The highest BCUT2D eigenvalue weighted by molar-refractivity contribution is 5.63. The Kier molecular flexibility index (Phi) is 3.77. The molecule has 2 heterocycles. The van der Waals surface area contributed by atoms with Crippen molar-refractivity contribution in [3.63, 3.8) is 0 Å². The summed E-state index contributed by atoms with van der Waals surface area (Å²) in [4.78, 5) is 1.50. The van der Waals surface area contributed by atoms with Crippen LogP contribution in [0.4, 0.5) is 0 Å². The van der Waals surface area contributed by atoms with Gasteiger partial charge in [-0.15, -0.1) is 15.0 Å². The summed E-state index contributed by atoms with van der Waals surface area (Å²) in [5.74, 6) is 1.95. The second-order valence-corrected chi connectivity index (χ2v) is 5.10. The Balaban J connectivity index is 1.61. The third kappa shape index (κ3) is 2.89. The highest BCUT2D eigenvalue weighted by Crippen LogP contribution is 2.27. The fourth-order valence-electron chi connectivity index (χ4n) is 2.31. The van der Waals surface area contributed by atoms with Crippen molar-refractivity contribution in [2.45, 2.75) is 6.61 Å². The normalized spacial score (nSPS) is 10.7. The second kappa shape index (κ2) is 6.37. The van der Waals surface area contributed by atoms with Crippen LogP contribution >= 0.6 is 0 Å². The minimum atomic E-state index is 0.344. The molecule has 0 bridgehead atoms. The Bertz CT molecular complexity index is 917. The van der Waals surface area contributed by atoms with Crippen molar-refractivity contribution < 1.29 is 9.15 Å². The molecule has 0 saturated heterocycles. The summed E-state index contributed by atoms with van der Waals surface area (Å²) in [6.07, 6.45) is 1.62. The molecule has 4 aromatic rings. The van der Waals surface area contributed by atoms with Crippen LogP contribution in [0.1, 0.15) is 5.76 Å². The molecule has 24 heavy (non-hydrogen) atoms. The molecule has 6 nitrogen and oxygen atoms in total. The van der Waals surface area contributed by atoms with Gasteiger partial charge >= 0.3 is 0 Å². The van der Waals surface area contributed by atoms with Gasteiger partial charge in [0.2, 0.25) is 5.82 Å². The SMILES string of the molecule is c1ccc(-n2nnc(-c3ccccc3OCc3ccco3)n2)cc1. The van der Waals surface area contributed by atoms with Gasteiger partial charge in [-0.2, -0.15) is 0 Å². The predicted octanol–water partition coefficient (Wildman–Crippen LogP) is 3.50. The zero-order chi connectivity index (χ0) is 16.2. The maximum atomic E-state index is 5.84. The van der Waals surface area contributed by atoms with Gasteiger partial charge in [-0.25, -0.2) is 0 Å². The summed E-state index contributed by atoms with van der Waals surface area (Å²) in [5.41, 5.74) is 1.64. The van der Waals surface area contributed by atoms with Gasteiger partial charge in [-0.3, -0.25) is 0 Å². The maximum Gasteiger partial charge on any atom is 0.209 e. The number of para-hydroxylation sites is 2. The molecule has 0 radical (unpaired) electrons. The first-order valence-electron chi connectivity index (χ1n) is 7.50. The van der Waals surface area contributed by atoms with E-state index < -0.39 is 0 Å². The largest absolute Gasteiger partial charge is 0.485 e. The third-order valence-corrected chi connectivity index (χ3v) is 3.48. The molecule has 0 aliphatic rings. The minimum absolute atomic E-state index is 0.344. The zero-order valence-electron chi connectivity index (χ0n) is 12.7. The summed E-state index contributed by atoms with van der Waals surface area (Å²) < 4.78 is 11.1. The molecule has 2 aromatic heterocycles. The van der Waals surface area contributed by atoms with Crippen LogP contribution < -0.4 is 4.74 Å². The molecule has 0 aliphatic carbocycles. The van der Waals surface area contributed by atoms with Gasteiger partial charge in [0, 0.05) is 0 Å². The number of nitrogens with zero attached hydrogens (tertiary/aromatic N) is 4. The van der Waals surface area contributed by atoms with E-state index in [1.165, 1.54) is 4.80 Å². The molecular weight excluding hydrogens is 304 g/mol. The number of hydrogen-bond donors (Lipinski definition) is 0. The summed E-state index contributed by atoms with van der Waals surface area (Å²) >= 11 is 0. The van der Waals surface area contributed by atoms with E-state index in [0.29, 0.717) is 18.2 Å². The molecule has 0 atom stereocenters. The number of tetrazole rings is 1. The molecule has 6 heteroatoms. The summed E-state index contributed by atoms with van der Waals surface area (Å²) in [5, 5.41) is 12.7. The molecule has 4 rings (SSSR count). The summed E-state index contributed by atoms with van der Waals surface area (Å²) in [6.45, 7) is 0.344. The molecule has 2 aromatic carbocycles. The van der Waals surface area contributed by atoms with Gasteiger partial charge in [-0.1, -0.05) is 30.3 Å². The highest BCUT2D eigenvalue weighted by atomic mass is 16.5. The number of aromatic nitrogens is 4. The van der Waals surface area contributed by atoms with Crippen LogP contribution in [0.3, 0.4) is 0 Å². The van der Waals surface area contributed by atoms with E-state index >= 15 is 0 Å². The number of benzene rings is 2. The van der Waals surface area contributed by atoms with Crippen LogP contribution in [0.25, 0.3) is 17.1 Å². The van der Waals surface area contributed by atoms with Gasteiger partial charge in [-0.05, 0) is 41.6 Å². The van der Waals surface area contributed by atoms with Crippen LogP contribution in [0.5, 0.6) is 5.75 Å². The molecule has 118 valence electrons. The lowest BCUT2D eigenvalue weighted by molar-refractivity contribution is 0.271. The first-order valence-corrected chi connectivity index (χ1v) is 7.50. The standard InChI is InChI=1S/C18H14N4O2/c1-2-7-14(8-3-1)22-20-18(19-21-22)16-10-4-5-11-17(16)24-13-15-9-6-12-23-15/h1-12H,13H2. The van der Waals surface area contributed by atoms with Gasteiger partial charge in [0.1, 0.15) is 18.1 Å². The van der Waals surface area contributed by atoms with Crippen molar-refractivity contribution in [1.82, 2.24) is 20.2 Å². The Hall–Kier alpha value is -3.41. The average Bonchev–Trinajstić information content (AvgIpc) is 3.33. The molecule has 0 amide bonds. The number of furan rings is 1. The van der Waals surface area contributed by atoms with Crippen molar-refractivity contribution >= 4 is 0 Å². The number of rotatable bonds is 5. The Morgan fingerprint density at radius 1 is 0.917 bits per heavy atom. The molecule has 0 N–H and O–H groups in total. The van der Waals surface area contributed by atoms with E-state index in [1.54, 1.807) is 6.26 Å². The second-order valence-electron chi connectivity index (χ2n) is 5.10. The fraction of sp³-hybridized carbons (Fsp3) is 0.0556. The van der Waals surface area contributed by atoms with E-state index in [9.17, 15) is 0 Å². The lowest BCUT2D eigenvalue weighted by Gasteiger charge is -2.07. The summed E-state index contributed by atoms with van der Waals surface area (Å²) in [7, 11) is 0. The molecule has 0 unspecified atom stereocenters. The topological polar surface area (TPSA) is 66.0 Å². The lowest BCUT2D eigenvalue weighted by Crippen LogP contribution is -1.99. The van der Waals surface area contributed by atoms with Crippen LogP contribution in [0, 0.1) is 0 Å². The van der Waals surface area contributed by atoms with Gasteiger partial charge in [0.05, 0.1) is 17.5 Å². The van der Waals surface area contributed by atoms with E-state index in [4.69, 9.17) is 9.15 Å². The predicted molar refractivity (Wildman–Crippen MR) is 87.6 cm³/mol. The van der Waals surface area contributed by atoms with Crippen molar-refractivity contribution in [1.29, 1.82) is 0 Å². The third-order valence-electron chi connectivity index (χ3n) is 3.48. The van der Waals surface area contributed by atoms with Gasteiger partial charge in [0.25, 0.3) is 0 Å². The Morgan fingerprint density at radius 2 is 1.75 bits per heavy atom. The Morgan fingerprint density at radius 3 is 2.58 bits per heavy atom. The van der Waals surface area contributed by atoms with Crippen molar-refractivity contribution in [3.8, 4) is 22.8 Å². The van der Waals surface area contributed by atoms with Crippen molar-refractivity contribution in [2.24, 2.45) is 0 Å². The van der Waals surface area contributed by atoms with Crippen LogP contribution in [0.15, 0.2) is 77.4 Å². The zero-order valence-corrected chi connectivity index (χ0v) is 12.7. The van der Waals surface area contributed by atoms with Crippen molar-refractivity contribution in [3.05, 3.63) is 78.8 Å². The first-order chi connectivity index (χ1) is 11.9. The smallest absolute Gasteiger partial charge is 0.209 e. The quantitative estimate of drug-likeness (QED) is 0.563. The van der Waals surface area contributed by atoms with Crippen LogP contribution in [0.2, 0.25) is 0 Å². The minimum Gasteiger partial charge on any atom is -0.485 e. The Labute approximate surface area is 138 Å². The fourth-order valence-corrected chi connectivity index (χ4v) is 2.31. The molecule has 0 fully saturated rings. The number of hydrogen-bond acceptors (Lipinski definition) is 5. The van der Waals surface area contributed by atoms with E-state index in [2.05, 4.69) is 15.4 Å². The van der Waals surface area contributed by atoms with E-state index in [0.717, 1.165) is 17.0 Å². The van der Waals surface area contributed by atoms with Gasteiger partial charge in [0.15, 0.2) is 0 Å². The lowest BCUT2D eigenvalue weighted by atomic mass is 10.2. The highest BCUT2D eigenvalue weighted by Gasteiger charge is 2.13. The van der Waals surface area contributed by atoms with Gasteiger partial charge < -0.3 is 9.15 Å². The number of ether oxygens (including phenoxy) is 1. The van der Waals surface area contributed by atoms with Crippen molar-refractivity contribution in [2.75, 3.05) is 0 Å². The van der Waals surface area contributed by atoms with E-state index in [-0.39, 0.29) is 0 Å². The molecule has 0 saturated carbocycles. The van der Waals surface area contributed by atoms with Crippen LogP contribution in [-0.4, -0.2) is 20.2 Å². The molecule has 0 spiro atoms. The molecular formula is C18H14N4O2. The molecule has 0 aliphatic heterocycles.